The monoisotopic (exact) mass is 193 g/mol. The first-order chi connectivity index (χ1) is 6.56. The molecule has 0 aromatic rings. The summed E-state index contributed by atoms with van der Waals surface area (Å²) >= 11 is 0. The third kappa shape index (κ3) is 3.68. The summed E-state index contributed by atoms with van der Waals surface area (Å²) in [5.74, 6) is -0.433. The Labute approximate surface area is 86.6 Å². The van der Waals surface area contributed by atoms with Gasteiger partial charge in [0.05, 0.1) is 7.11 Å². The Hall–Kier alpha value is -1.19. The van der Waals surface area contributed by atoms with Gasteiger partial charge in [-0.1, -0.05) is 12.4 Å². The van der Waals surface area contributed by atoms with E-state index in [1.54, 1.807) is 0 Å². The van der Waals surface area contributed by atoms with Gasteiger partial charge in [-0.25, -0.2) is 4.79 Å². The van der Waals surface area contributed by atoms with Crippen LogP contribution in [-0.2, 0) is 9.53 Å². The van der Waals surface area contributed by atoms with E-state index < -0.39 is 5.97 Å². The van der Waals surface area contributed by atoms with Gasteiger partial charge < -0.3 is 10.1 Å². The second kappa shape index (κ2) is 6.30. The van der Waals surface area contributed by atoms with E-state index in [1.807, 2.05) is 20.9 Å². The van der Waals surface area contributed by atoms with E-state index in [4.69, 9.17) is 7.85 Å². The van der Waals surface area contributed by atoms with Crippen LogP contribution in [0.4, 0.5) is 0 Å². The Morgan fingerprint density at radius 2 is 2.14 bits per heavy atom. The molecule has 0 fully saturated rings. The summed E-state index contributed by atoms with van der Waals surface area (Å²) in [4.78, 5) is 10.9. The van der Waals surface area contributed by atoms with E-state index in [0.717, 1.165) is 17.7 Å². The smallest absolute Gasteiger partial charge is 0.329 e. The van der Waals surface area contributed by atoms with Gasteiger partial charge in [-0.05, 0) is 18.9 Å². The topological polar surface area (TPSA) is 38.3 Å². The molecule has 0 rings (SSSR count). The van der Waals surface area contributed by atoms with Gasteiger partial charge >= 0.3 is 5.97 Å². The number of ether oxygens (including phenoxy) is 1. The second-order valence-electron chi connectivity index (χ2n) is 2.83. The van der Waals surface area contributed by atoms with Crippen LogP contribution in [0.2, 0.25) is 0 Å². The van der Waals surface area contributed by atoms with E-state index in [0.29, 0.717) is 5.47 Å². The predicted molar refractivity (Wildman–Crippen MR) is 57.9 cm³/mol. The van der Waals surface area contributed by atoms with Crippen LogP contribution in [0.1, 0.15) is 20.3 Å². The van der Waals surface area contributed by atoms with Crippen molar-refractivity contribution in [3.05, 3.63) is 22.8 Å². The van der Waals surface area contributed by atoms with Crippen LogP contribution in [0.25, 0.3) is 0 Å². The zero-order valence-corrected chi connectivity index (χ0v) is 9.18. The molecular weight excluding hydrogens is 177 g/mol. The van der Waals surface area contributed by atoms with Gasteiger partial charge in [0.2, 0.25) is 0 Å². The number of rotatable bonds is 4. The molecule has 0 saturated carbocycles. The van der Waals surface area contributed by atoms with Crippen molar-refractivity contribution in [3.63, 3.8) is 0 Å². The Morgan fingerprint density at radius 3 is 2.50 bits per heavy atom. The van der Waals surface area contributed by atoms with Gasteiger partial charge in [-0.3, -0.25) is 0 Å². The lowest BCUT2D eigenvalue weighted by Crippen LogP contribution is -2.08. The highest BCUT2D eigenvalue weighted by atomic mass is 16.5. The fraction of sp³-hybridized carbons (Fsp3) is 0.500. The molecule has 3 nitrogen and oxygen atoms in total. The minimum atomic E-state index is -0.433. The van der Waals surface area contributed by atoms with Crippen LogP contribution in [0, 0.1) is 0 Å². The maximum absolute atomic E-state index is 10.9. The normalized spacial score (nSPS) is 13.3. The van der Waals surface area contributed by atoms with Crippen LogP contribution in [-0.4, -0.2) is 28.0 Å². The number of carbonyl (C=O) groups excluding carboxylic acids is 1. The van der Waals surface area contributed by atoms with Crippen molar-refractivity contribution in [1.82, 2.24) is 5.32 Å². The number of carbonyl (C=O) groups is 1. The van der Waals surface area contributed by atoms with Crippen LogP contribution in [0.15, 0.2) is 22.8 Å². The Balaban J connectivity index is 4.88. The van der Waals surface area contributed by atoms with Gasteiger partial charge in [-0.2, -0.15) is 0 Å². The summed E-state index contributed by atoms with van der Waals surface area (Å²) in [6.07, 6.45) is 2.06. The Bertz CT molecular complexity index is 269. The molecule has 14 heavy (non-hydrogen) atoms. The molecule has 4 heteroatoms. The molecule has 76 valence electrons. The van der Waals surface area contributed by atoms with E-state index in [-0.39, 0.29) is 0 Å². The molecule has 0 aromatic heterocycles. The lowest BCUT2D eigenvalue weighted by Gasteiger charge is -2.10. The highest BCUT2D eigenvalue weighted by molar-refractivity contribution is 6.26. The third-order valence-electron chi connectivity index (χ3n) is 2.00. The first-order valence-corrected chi connectivity index (χ1v) is 4.49. The maximum Gasteiger partial charge on any atom is 0.329 e. The standard InChI is InChI=1S/C10H16BNO2/c1-5-8(7(2)12-3)9(11)6-10(13)14-4/h6,12H,5H2,1-4H3/b8-7-,9-6-. The van der Waals surface area contributed by atoms with Crippen molar-refractivity contribution in [2.75, 3.05) is 14.2 Å². The number of esters is 1. The lowest BCUT2D eigenvalue weighted by atomic mass is 9.85. The van der Waals surface area contributed by atoms with E-state index in [9.17, 15) is 4.79 Å². The van der Waals surface area contributed by atoms with Crippen molar-refractivity contribution in [2.45, 2.75) is 20.3 Å². The van der Waals surface area contributed by atoms with Crippen LogP contribution < -0.4 is 5.32 Å². The van der Waals surface area contributed by atoms with E-state index in [2.05, 4.69) is 10.1 Å². The summed E-state index contributed by atoms with van der Waals surface area (Å²) < 4.78 is 4.49. The highest BCUT2D eigenvalue weighted by Gasteiger charge is 2.03. The number of nitrogens with one attached hydrogen (secondary N) is 1. The highest BCUT2D eigenvalue weighted by Crippen LogP contribution is 2.14. The van der Waals surface area contributed by atoms with Crippen molar-refractivity contribution < 1.29 is 9.53 Å². The summed E-state index contributed by atoms with van der Waals surface area (Å²) in [5, 5.41) is 2.99. The molecule has 0 aliphatic heterocycles. The van der Waals surface area contributed by atoms with Gasteiger partial charge in [0.25, 0.3) is 0 Å². The third-order valence-corrected chi connectivity index (χ3v) is 2.00. The number of allylic oxidation sites excluding steroid dienone is 3. The van der Waals surface area contributed by atoms with E-state index >= 15 is 0 Å². The Kier molecular flexibility index (Phi) is 5.76. The maximum atomic E-state index is 10.9. The zero-order chi connectivity index (χ0) is 11.1. The van der Waals surface area contributed by atoms with Crippen molar-refractivity contribution >= 4 is 13.8 Å². The first-order valence-electron chi connectivity index (χ1n) is 4.49. The fourth-order valence-corrected chi connectivity index (χ4v) is 1.11. The molecule has 0 atom stereocenters. The van der Waals surface area contributed by atoms with Crippen molar-refractivity contribution in [1.29, 1.82) is 0 Å². The lowest BCUT2D eigenvalue weighted by molar-refractivity contribution is -0.134. The average Bonchev–Trinajstić information content (AvgIpc) is 2.18. The second-order valence-corrected chi connectivity index (χ2v) is 2.83. The molecule has 0 spiro atoms. The summed E-state index contributed by atoms with van der Waals surface area (Å²) in [6, 6.07) is 0. The van der Waals surface area contributed by atoms with Gasteiger partial charge in [0, 0.05) is 18.8 Å². The quantitative estimate of drug-likeness (QED) is 0.314. The molecule has 0 saturated heterocycles. The summed E-state index contributed by atoms with van der Waals surface area (Å²) in [5.41, 5.74) is 2.34. The largest absolute Gasteiger partial charge is 0.466 e. The molecule has 0 bridgehead atoms. The fourth-order valence-electron chi connectivity index (χ4n) is 1.11. The van der Waals surface area contributed by atoms with Crippen molar-refractivity contribution in [2.24, 2.45) is 0 Å². The van der Waals surface area contributed by atoms with Gasteiger partial charge in [0.15, 0.2) is 0 Å². The molecule has 0 aliphatic carbocycles. The molecular formula is C10H16BNO2. The van der Waals surface area contributed by atoms with Crippen molar-refractivity contribution in [3.8, 4) is 0 Å². The minimum Gasteiger partial charge on any atom is -0.466 e. The number of methoxy groups -OCH3 is 1. The number of hydrogen-bond acceptors (Lipinski definition) is 3. The Morgan fingerprint density at radius 1 is 1.57 bits per heavy atom. The minimum absolute atomic E-state index is 0.433. The van der Waals surface area contributed by atoms with Crippen LogP contribution >= 0.6 is 0 Å². The molecule has 0 aliphatic rings. The first kappa shape index (κ1) is 12.8. The zero-order valence-electron chi connectivity index (χ0n) is 9.18. The molecule has 0 heterocycles. The summed E-state index contributed by atoms with van der Waals surface area (Å²) in [6.45, 7) is 3.89. The molecule has 0 aromatic carbocycles. The van der Waals surface area contributed by atoms with Gasteiger partial charge in [0.1, 0.15) is 7.85 Å². The van der Waals surface area contributed by atoms with Gasteiger partial charge in [-0.15, -0.1) is 0 Å². The molecule has 2 radical (unpaired) electrons. The average molecular weight is 193 g/mol. The SMILES string of the molecule is [B]C(=C\C(=O)OC)/C(CC)=C(/C)NC. The molecule has 0 amide bonds. The predicted octanol–water partition coefficient (Wildman–Crippen LogP) is 1.12. The van der Waals surface area contributed by atoms with Crippen LogP contribution in [0.3, 0.4) is 0 Å². The van der Waals surface area contributed by atoms with Crippen LogP contribution in [0.5, 0.6) is 0 Å². The van der Waals surface area contributed by atoms with E-state index in [1.165, 1.54) is 13.2 Å². The number of hydrogen-bond donors (Lipinski definition) is 1. The summed E-state index contributed by atoms with van der Waals surface area (Å²) in [7, 11) is 8.89. The molecule has 0 unspecified atom stereocenters. The molecule has 1 N–H and O–H groups in total.